The largest absolute Gasteiger partial charge is 0.481 e. The molecule has 0 aromatic heterocycles. The highest BCUT2D eigenvalue weighted by Crippen LogP contribution is 2.18. The molecule has 0 aromatic carbocycles. The third kappa shape index (κ3) is 26.4. The summed E-state index contributed by atoms with van der Waals surface area (Å²) in [6.45, 7) is 2.58. The first-order valence-electron chi connectivity index (χ1n) is 16.6. The SMILES string of the molecule is CCCCCCCCC=CCCCCCCCC(=O)C(CCCCCCCCCCCCCCO)C(=O)O. The highest BCUT2D eigenvalue weighted by atomic mass is 16.4. The fourth-order valence-corrected chi connectivity index (χ4v) is 5.19. The number of aliphatic carboxylic acids is 1. The van der Waals surface area contributed by atoms with Crippen LogP contribution in [-0.2, 0) is 9.59 Å². The number of carbonyl (C=O) groups is 2. The van der Waals surface area contributed by atoms with E-state index in [4.69, 9.17) is 5.11 Å². The van der Waals surface area contributed by atoms with Gasteiger partial charge in [-0.1, -0.05) is 141 Å². The molecule has 0 rings (SSSR count). The number of aliphatic hydroxyl groups excluding tert-OH is 1. The molecule has 224 valence electrons. The Morgan fingerprint density at radius 2 is 0.947 bits per heavy atom. The number of unbranched alkanes of at least 4 members (excludes halogenated alkanes) is 22. The van der Waals surface area contributed by atoms with Gasteiger partial charge in [-0.05, 0) is 44.9 Å². The van der Waals surface area contributed by atoms with Crippen LogP contribution in [0.1, 0.15) is 180 Å². The van der Waals surface area contributed by atoms with Crippen molar-refractivity contribution in [3.63, 3.8) is 0 Å². The zero-order valence-electron chi connectivity index (χ0n) is 25.2. The molecule has 0 spiro atoms. The predicted molar refractivity (Wildman–Crippen MR) is 163 cm³/mol. The Balaban J connectivity index is 3.60. The van der Waals surface area contributed by atoms with Crippen molar-refractivity contribution in [2.75, 3.05) is 6.61 Å². The summed E-state index contributed by atoms with van der Waals surface area (Å²) < 4.78 is 0. The van der Waals surface area contributed by atoms with Crippen LogP contribution in [0.2, 0.25) is 0 Å². The smallest absolute Gasteiger partial charge is 0.314 e. The molecule has 4 heteroatoms. The first-order chi connectivity index (χ1) is 18.6. The molecule has 0 saturated carbocycles. The molecule has 4 nitrogen and oxygen atoms in total. The molecule has 0 aliphatic heterocycles. The molecule has 0 aliphatic rings. The van der Waals surface area contributed by atoms with Crippen LogP contribution in [0.5, 0.6) is 0 Å². The molecular formula is C34H64O4. The fourth-order valence-electron chi connectivity index (χ4n) is 5.19. The lowest BCUT2D eigenvalue weighted by atomic mass is 9.93. The molecule has 2 N–H and O–H groups in total. The molecule has 1 atom stereocenters. The summed E-state index contributed by atoms with van der Waals surface area (Å²) in [5, 5.41) is 18.3. The highest BCUT2D eigenvalue weighted by Gasteiger charge is 2.24. The molecule has 0 saturated heterocycles. The van der Waals surface area contributed by atoms with Crippen molar-refractivity contribution in [2.24, 2.45) is 5.92 Å². The van der Waals surface area contributed by atoms with Crippen LogP contribution in [0.3, 0.4) is 0 Å². The summed E-state index contributed by atoms with van der Waals surface area (Å²) in [7, 11) is 0. The molecule has 0 fully saturated rings. The maximum atomic E-state index is 12.5. The summed E-state index contributed by atoms with van der Waals surface area (Å²) >= 11 is 0. The van der Waals surface area contributed by atoms with Gasteiger partial charge in [0.25, 0.3) is 0 Å². The summed E-state index contributed by atoms with van der Waals surface area (Å²) in [6.07, 6.45) is 35.5. The minimum atomic E-state index is -0.929. The van der Waals surface area contributed by atoms with E-state index in [2.05, 4.69) is 19.1 Å². The summed E-state index contributed by atoms with van der Waals surface area (Å²) in [6, 6.07) is 0. The number of Topliss-reactive ketones (excluding diaryl/α,β-unsaturated/α-hetero) is 1. The van der Waals surface area contributed by atoms with Crippen LogP contribution >= 0.6 is 0 Å². The van der Waals surface area contributed by atoms with Crippen molar-refractivity contribution >= 4 is 11.8 Å². The van der Waals surface area contributed by atoms with Crippen LogP contribution in [-0.4, -0.2) is 28.6 Å². The van der Waals surface area contributed by atoms with E-state index in [-0.39, 0.29) is 5.78 Å². The first-order valence-corrected chi connectivity index (χ1v) is 16.6. The molecular weight excluding hydrogens is 472 g/mol. The molecule has 0 bridgehead atoms. The third-order valence-corrected chi connectivity index (χ3v) is 7.77. The van der Waals surface area contributed by atoms with Gasteiger partial charge in [0.15, 0.2) is 0 Å². The first kappa shape index (κ1) is 36.8. The lowest BCUT2D eigenvalue weighted by Gasteiger charge is -2.11. The molecule has 38 heavy (non-hydrogen) atoms. The fraction of sp³-hybridized carbons (Fsp3) is 0.882. The molecule has 0 radical (unpaired) electrons. The van der Waals surface area contributed by atoms with E-state index in [1.807, 2.05) is 0 Å². The number of aliphatic hydroxyl groups is 1. The average Bonchev–Trinajstić information content (AvgIpc) is 2.90. The van der Waals surface area contributed by atoms with E-state index >= 15 is 0 Å². The second kappa shape index (κ2) is 30.4. The molecule has 1 unspecified atom stereocenters. The highest BCUT2D eigenvalue weighted by molar-refractivity contribution is 5.98. The van der Waals surface area contributed by atoms with Crippen molar-refractivity contribution in [2.45, 2.75) is 180 Å². The quantitative estimate of drug-likeness (QED) is 0.0525. The van der Waals surface area contributed by atoms with Gasteiger partial charge in [-0.25, -0.2) is 0 Å². The van der Waals surface area contributed by atoms with Gasteiger partial charge >= 0.3 is 5.97 Å². The van der Waals surface area contributed by atoms with Gasteiger partial charge in [0.2, 0.25) is 0 Å². The van der Waals surface area contributed by atoms with Crippen molar-refractivity contribution in [1.82, 2.24) is 0 Å². The molecule has 0 aliphatic carbocycles. The van der Waals surface area contributed by atoms with E-state index in [9.17, 15) is 14.7 Å². The zero-order chi connectivity index (χ0) is 27.9. The third-order valence-electron chi connectivity index (χ3n) is 7.77. The number of carboxylic acids is 1. The second-order valence-electron chi connectivity index (χ2n) is 11.4. The van der Waals surface area contributed by atoms with Crippen LogP contribution in [0.15, 0.2) is 12.2 Å². The molecule has 0 heterocycles. The summed E-state index contributed by atoms with van der Waals surface area (Å²) in [4.78, 5) is 24.1. The minimum absolute atomic E-state index is 0.0610. The van der Waals surface area contributed by atoms with Gasteiger partial charge in [0.1, 0.15) is 11.7 Å². The van der Waals surface area contributed by atoms with Gasteiger partial charge < -0.3 is 10.2 Å². The Morgan fingerprint density at radius 3 is 1.39 bits per heavy atom. The number of allylic oxidation sites excluding steroid dienone is 2. The topological polar surface area (TPSA) is 74.6 Å². The van der Waals surface area contributed by atoms with E-state index in [0.717, 1.165) is 57.8 Å². The second-order valence-corrected chi connectivity index (χ2v) is 11.4. The van der Waals surface area contributed by atoms with E-state index in [1.54, 1.807) is 0 Å². The monoisotopic (exact) mass is 536 g/mol. The van der Waals surface area contributed by atoms with Gasteiger partial charge in [-0.3, -0.25) is 9.59 Å². The lowest BCUT2D eigenvalue weighted by molar-refractivity contribution is -0.146. The van der Waals surface area contributed by atoms with Crippen molar-refractivity contribution in [3.8, 4) is 0 Å². The van der Waals surface area contributed by atoms with Gasteiger partial charge in [-0.15, -0.1) is 0 Å². The average molecular weight is 537 g/mol. The van der Waals surface area contributed by atoms with Gasteiger partial charge in [0, 0.05) is 13.0 Å². The maximum absolute atomic E-state index is 12.5. The lowest BCUT2D eigenvalue weighted by Crippen LogP contribution is -2.23. The Labute approximate surface area is 236 Å². The van der Waals surface area contributed by atoms with Crippen molar-refractivity contribution in [3.05, 3.63) is 12.2 Å². The number of rotatable bonds is 31. The molecule has 0 amide bonds. The Bertz CT molecular complexity index is 543. The number of carbonyl (C=O) groups excluding carboxylic acids is 1. The Kier molecular flexibility index (Phi) is 29.5. The number of hydrogen-bond acceptors (Lipinski definition) is 3. The van der Waals surface area contributed by atoms with E-state index in [0.29, 0.717) is 19.4 Å². The number of carboxylic acid groups (broad SMARTS) is 1. The predicted octanol–water partition coefficient (Wildman–Crippen LogP) is 10.4. The minimum Gasteiger partial charge on any atom is -0.481 e. The normalized spacial score (nSPS) is 12.4. The van der Waals surface area contributed by atoms with Crippen LogP contribution in [0.4, 0.5) is 0 Å². The van der Waals surface area contributed by atoms with Gasteiger partial charge in [-0.2, -0.15) is 0 Å². The van der Waals surface area contributed by atoms with E-state index < -0.39 is 11.9 Å². The molecule has 0 aromatic rings. The van der Waals surface area contributed by atoms with Crippen molar-refractivity contribution < 1.29 is 19.8 Å². The van der Waals surface area contributed by atoms with Crippen molar-refractivity contribution in [1.29, 1.82) is 0 Å². The number of ketones is 1. The summed E-state index contributed by atoms with van der Waals surface area (Å²) in [5.74, 6) is -1.78. The standard InChI is InChI=1S/C34H64O4/c1-2-3-4-5-6-7-8-9-10-11-15-18-21-24-27-30-33(36)32(34(37)38)29-26-23-20-17-14-12-13-16-19-22-25-28-31-35/h9-10,32,35H,2-8,11-31H2,1H3,(H,37,38). The van der Waals surface area contributed by atoms with Gasteiger partial charge in [0.05, 0.1) is 0 Å². The number of hydrogen-bond donors (Lipinski definition) is 2. The van der Waals surface area contributed by atoms with Crippen LogP contribution in [0.25, 0.3) is 0 Å². The summed E-state index contributed by atoms with van der Waals surface area (Å²) in [5.41, 5.74) is 0. The van der Waals surface area contributed by atoms with Crippen LogP contribution in [0, 0.1) is 5.92 Å². The maximum Gasteiger partial charge on any atom is 0.314 e. The Hall–Kier alpha value is -1.16. The zero-order valence-corrected chi connectivity index (χ0v) is 25.2. The van der Waals surface area contributed by atoms with Crippen LogP contribution < -0.4 is 0 Å². The van der Waals surface area contributed by atoms with E-state index in [1.165, 1.54) is 103 Å². The Morgan fingerprint density at radius 1 is 0.553 bits per heavy atom.